The SMILES string of the molecule is O=C1C[N+]2(CCCC2)C[C@H](Cn2c3ccccc3c3ccccc32)O1. The summed E-state index contributed by atoms with van der Waals surface area (Å²) in [5.41, 5.74) is 2.44. The van der Waals surface area contributed by atoms with E-state index in [0.29, 0.717) is 6.54 Å². The standard InChI is InChI=1S/C21H23N2O2/c24-21-15-23(11-5-6-12-23)14-16(25-21)13-22-19-9-3-1-7-17(19)18-8-2-4-10-20(18)22/h1-4,7-10,16H,5-6,11-15H2/q+1/t16-/m0/s1. The molecule has 0 unspecified atom stereocenters. The highest BCUT2D eigenvalue weighted by Gasteiger charge is 2.42. The van der Waals surface area contributed by atoms with Crippen LogP contribution in [0.3, 0.4) is 0 Å². The van der Waals surface area contributed by atoms with Gasteiger partial charge in [-0.25, -0.2) is 4.79 Å². The average Bonchev–Trinajstić information content (AvgIpc) is 3.18. The van der Waals surface area contributed by atoms with Crippen molar-refractivity contribution in [2.45, 2.75) is 25.5 Å². The summed E-state index contributed by atoms with van der Waals surface area (Å²) in [7, 11) is 0. The van der Waals surface area contributed by atoms with Gasteiger partial charge in [0.1, 0.15) is 6.54 Å². The minimum atomic E-state index is -0.0430. The molecule has 1 spiro atoms. The molecule has 0 N–H and O–H groups in total. The van der Waals surface area contributed by atoms with Crippen molar-refractivity contribution in [1.29, 1.82) is 0 Å². The van der Waals surface area contributed by atoms with Crippen LogP contribution in [-0.4, -0.2) is 47.3 Å². The lowest BCUT2D eigenvalue weighted by molar-refractivity contribution is -0.917. The third kappa shape index (κ3) is 2.44. The smallest absolute Gasteiger partial charge is 0.362 e. The molecule has 2 fully saturated rings. The summed E-state index contributed by atoms with van der Waals surface area (Å²) in [6, 6.07) is 17.0. The van der Waals surface area contributed by atoms with Gasteiger partial charge in [-0.15, -0.1) is 0 Å². The summed E-state index contributed by atoms with van der Waals surface area (Å²) < 4.78 is 9.03. The van der Waals surface area contributed by atoms with Crippen molar-refractivity contribution in [1.82, 2.24) is 4.57 Å². The number of aromatic nitrogens is 1. The molecule has 2 aliphatic heterocycles. The van der Waals surface area contributed by atoms with Crippen LogP contribution >= 0.6 is 0 Å². The van der Waals surface area contributed by atoms with E-state index in [2.05, 4.69) is 53.1 Å². The molecule has 5 rings (SSSR count). The summed E-state index contributed by atoms with van der Waals surface area (Å²) in [4.78, 5) is 12.2. The molecule has 4 nitrogen and oxygen atoms in total. The molecule has 25 heavy (non-hydrogen) atoms. The Labute approximate surface area is 147 Å². The normalized spacial score (nSPS) is 22.7. The summed E-state index contributed by atoms with van der Waals surface area (Å²) in [6.45, 7) is 4.49. The van der Waals surface area contributed by atoms with E-state index in [1.54, 1.807) is 0 Å². The van der Waals surface area contributed by atoms with Gasteiger partial charge in [-0.1, -0.05) is 36.4 Å². The Kier molecular flexibility index (Phi) is 3.35. The van der Waals surface area contributed by atoms with Gasteiger partial charge in [-0.3, -0.25) is 0 Å². The molecule has 1 aromatic heterocycles. The summed E-state index contributed by atoms with van der Waals surface area (Å²) in [5.74, 6) is -0.0288. The van der Waals surface area contributed by atoms with E-state index in [1.807, 2.05) is 0 Å². The summed E-state index contributed by atoms with van der Waals surface area (Å²) in [6.07, 6.45) is 2.42. The third-order valence-corrected chi connectivity index (χ3v) is 5.93. The Morgan fingerprint density at radius 2 is 1.56 bits per heavy atom. The summed E-state index contributed by atoms with van der Waals surface area (Å²) >= 11 is 0. The van der Waals surface area contributed by atoms with Gasteiger partial charge in [-0.05, 0) is 12.1 Å². The molecule has 0 radical (unpaired) electrons. The van der Waals surface area contributed by atoms with Gasteiger partial charge in [0, 0.05) is 34.6 Å². The Morgan fingerprint density at radius 3 is 2.20 bits per heavy atom. The molecule has 128 valence electrons. The van der Waals surface area contributed by atoms with Crippen LogP contribution < -0.4 is 0 Å². The highest BCUT2D eigenvalue weighted by molar-refractivity contribution is 6.07. The fourth-order valence-electron chi connectivity index (χ4n) is 4.88. The number of hydrogen-bond donors (Lipinski definition) is 0. The Hall–Kier alpha value is -2.33. The second kappa shape index (κ2) is 5.60. The molecule has 0 bridgehead atoms. The van der Waals surface area contributed by atoms with Crippen molar-refractivity contribution >= 4 is 27.8 Å². The highest BCUT2D eigenvalue weighted by atomic mass is 16.5. The van der Waals surface area contributed by atoms with E-state index in [-0.39, 0.29) is 12.1 Å². The van der Waals surface area contributed by atoms with E-state index in [1.165, 1.54) is 34.6 Å². The zero-order valence-electron chi connectivity index (χ0n) is 14.4. The molecule has 2 saturated heterocycles. The number of nitrogens with zero attached hydrogens (tertiary/aromatic N) is 2. The number of benzene rings is 2. The van der Waals surface area contributed by atoms with Gasteiger partial charge in [-0.2, -0.15) is 0 Å². The number of para-hydroxylation sites is 2. The predicted molar refractivity (Wildman–Crippen MR) is 98.3 cm³/mol. The largest absolute Gasteiger partial charge is 0.450 e. The van der Waals surface area contributed by atoms with Crippen LogP contribution in [0.5, 0.6) is 0 Å². The molecule has 4 heteroatoms. The maximum Gasteiger partial charge on any atom is 0.362 e. The lowest BCUT2D eigenvalue weighted by atomic mass is 10.2. The molecule has 3 heterocycles. The second-order valence-electron chi connectivity index (χ2n) is 7.59. The van der Waals surface area contributed by atoms with Crippen molar-refractivity contribution < 1.29 is 14.0 Å². The average molecular weight is 335 g/mol. The van der Waals surface area contributed by atoms with Crippen LogP contribution in [-0.2, 0) is 16.1 Å². The maximum absolute atomic E-state index is 12.2. The van der Waals surface area contributed by atoms with E-state index in [4.69, 9.17) is 4.74 Å². The molecule has 1 atom stereocenters. The number of morpholine rings is 1. The topological polar surface area (TPSA) is 31.2 Å². The van der Waals surface area contributed by atoms with Crippen molar-refractivity contribution in [2.75, 3.05) is 26.2 Å². The first kappa shape index (κ1) is 15.0. The first-order chi connectivity index (χ1) is 12.2. The molecule has 0 amide bonds. The number of ether oxygens (including phenoxy) is 1. The fourth-order valence-corrected chi connectivity index (χ4v) is 4.88. The first-order valence-electron chi connectivity index (χ1n) is 9.25. The molecular weight excluding hydrogens is 312 g/mol. The van der Waals surface area contributed by atoms with Crippen LogP contribution in [0.2, 0.25) is 0 Å². The molecule has 2 aromatic carbocycles. The quantitative estimate of drug-likeness (QED) is 0.531. The van der Waals surface area contributed by atoms with Gasteiger partial charge >= 0.3 is 5.97 Å². The van der Waals surface area contributed by atoms with Gasteiger partial charge in [0.2, 0.25) is 0 Å². The lowest BCUT2D eigenvalue weighted by Gasteiger charge is -2.40. The molecule has 0 saturated carbocycles. The van der Waals surface area contributed by atoms with Crippen LogP contribution in [0.1, 0.15) is 12.8 Å². The number of esters is 1. The van der Waals surface area contributed by atoms with Crippen LogP contribution in [0, 0.1) is 0 Å². The number of carbonyl (C=O) groups is 1. The number of fused-ring (bicyclic) bond motifs is 3. The summed E-state index contributed by atoms with van der Waals surface area (Å²) in [5, 5.41) is 2.54. The maximum atomic E-state index is 12.2. The van der Waals surface area contributed by atoms with Gasteiger partial charge in [0.25, 0.3) is 0 Å². The number of carbonyl (C=O) groups excluding carboxylic acids is 1. The van der Waals surface area contributed by atoms with E-state index in [9.17, 15) is 4.79 Å². The number of cyclic esters (lactones) is 1. The molecule has 3 aromatic rings. The molecule has 0 aliphatic carbocycles. The number of hydrogen-bond acceptors (Lipinski definition) is 2. The Morgan fingerprint density at radius 1 is 0.960 bits per heavy atom. The molecule has 2 aliphatic rings. The van der Waals surface area contributed by atoms with Crippen LogP contribution in [0.4, 0.5) is 0 Å². The monoisotopic (exact) mass is 335 g/mol. The minimum Gasteiger partial charge on any atom is -0.450 e. The zero-order chi connectivity index (χ0) is 16.9. The van der Waals surface area contributed by atoms with E-state index in [0.717, 1.165) is 30.7 Å². The zero-order valence-corrected chi connectivity index (χ0v) is 14.4. The fraction of sp³-hybridized carbons (Fsp3) is 0.381. The van der Waals surface area contributed by atoms with Crippen molar-refractivity contribution in [3.05, 3.63) is 48.5 Å². The van der Waals surface area contributed by atoms with Crippen molar-refractivity contribution in [3.8, 4) is 0 Å². The van der Waals surface area contributed by atoms with Crippen LogP contribution in [0.15, 0.2) is 48.5 Å². The number of quaternary nitrogens is 1. The second-order valence-corrected chi connectivity index (χ2v) is 7.59. The predicted octanol–water partition coefficient (Wildman–Crippen LogP) is 3.33. The minimum absolute atomic E-state index is 0.0288. The van der Waals surface area contributed by atoms with Gasteiger partial charge in [0.05, 0.1) is 19.6 Å². The van der Waals surface area contributed by atoms with Crippen molar-refractivity contribution in [2.24, 2.45) is 0 Å². The van der Waals surface area contributed by atoms with E-state index >= 15 is 0 Å². The lowest BCUT2D eigenvalue weighted by Crippen LogP contribution is -2.58. The van der Waals surface area contributed by atoms with E-state index < -0.39 is 0 Å². The van der Waals surface area contributed by atoms with Crippen LogP contribution in [0.25, 0.3) is 21.8 Å². The van der Waals surface area contributed by atoms with Crippen molar-refractivity contribution in [3.63, 3.8) is 0 Å². The third-order valence-electron chi connectivity index (χ3n) is 5.93. The van der Waals surface area contributed by atoms with Gasteiger partial charge < -0.3 is 13.8 Å². The number of rotatable bonds is 2. The Bertz CT molecular complexity index is 900. The molecular formula is C21H23N2O2+. The Balaban J connectivity index is 1.56. The highest BCUT2D eigenvalue weighted by Crippen LogP contribution is 2.31. The first-order valence-corrected chi connectivity index (χ1v) is 9.25. The van der Waals surface area contributed by atoms with Gasteiger partial charge in [0.15, 0.2) is 12.6 Å².